The minimum atomic E-state index is -0.641. The van der Waals surface area contributed by atoms with Crippen molar-refractivity contribution in [1.82, 2.24) is 9.97 Å². The Labute approximate surface area is 114 Å². The zero-order valence-electron chi connectivity index (χ0n) is 11.9. The Hall–Kier alpha value is -1.36. The van der Waals surface area contributed by atoms with E-state index in [1.54, 1.807) is 13.2 Å². The molecule has 0 aromatic carbocycles. The zero-order valence-corrected chi connectivity index (χ0v) is 11.9. The van der Waals surface area contributed by atoms with E-state index in [2.05, 4.69) is 22.2 Å². The van der Waals surface area contributed by atoms with Crippen LogP contribution in [0.3, 0.4) is 0 Å². The summed E-state index contributed by atoms with van der Waals surface area (Å²) in [6.45, 7) is 4.58. The lowest BCUT2D eigenvalue weighted by Crippen LogP contribution is -2.41. The first kappa shape index (κ1) is 14.1. The van der Waals surface area contributed by atoms with Gasteiger partial charge in [-0.25, -0.2) is 4.98 Å². The van der Waals surface area contributed by atoms with Crippen molar-refractivity contribution >= 4 is 5.95 Å². The van der Waals surface area contributed by atoms with Crippen LogP contribution in [0.15, 0.2) is 6.07 Å². The van der Waals surface area contributed by atoms with E-state index < -0.39 is 5.60 Å². The normalized spacial score (nSPS) is 27.1. The summed E-state index contributed by atoms with van der Waals surface area (Å²) in [5.74, 6) is 1.64. The molecule has 1 saturated carbocycles. The lowest BCUT2D eigenvalue weighted by Gasteiger charge is -2.35. The first-order valence-electron chi connectivity index (χ1n) is 6.87. The molecule has 2 atom stereocenters. The van der Waals surface area contributed by atoms with Crippen LogP contribution in [0.1, 0.15) is 38.3 Å². The molecule has 5 heteroatoms. The van der Waals surface area contributed by atoms with Crippen molar-refractivity contribution in [3.8, 4) is 5.88 Å². The van der Waals surface area contributed by atoms with Gasteiger partial charge in [-0.1, -0.05) is 19.8 Å². The Balaban J connectivity index is 1.99. The number of ether oxygens (including phenoxy) is 1. The van der Waals surface area contributed by atoms with E-state index >= 15 is 0 Å². The van der Waals surface area contributed by atoms with Crippen LogP contribution < -0.4 is 10.1 Å². The molecule has 0 amide bonds. The number of aryl methyl sites for hydroxylation is 1. The number of hydrogen-bond acceptors (Lipinski definition) is 5. The van der Waals surface area contributed by atoms with Crippen molar-refractivity contribution in [3.05, 3.63) is 11.8 Å². The fraction of sp³-hybridized carbons (Fsp3) is 0.714. The monoisotopic (exact) mass is 265 g/mol. The maximum Gasteiger partial charge on any atom is 0.226 e. The minimum absolute atomic E-state index is 0.490. The van der Waals surface area contributed by atoms with Crippen LogP contribution >= 0.6 is 0 Å². The van der Waals surface area contributed by atoms with E-state index in [1.165, 1.54) is 6.42 Å². The molecule has 0 bridgehead atoms. The molecule has 2 rings (SSSR count). The Kier molecular flexibility index (Phi) is 4.24. The number of rotatable bonds is 4. The standard InChI is InChI=1S/C14H23N3O2/c1-10-5-4-6-14(18,8-10)9-15-13-16-11(2)7-12(17-13)19-3/h7,10,18H,4-6,8-9H2,1-3H3,(H,15,16,17). The second kappa shape index (κ2) is 5.74. The van der Waals surface area contributed by atoms with Crippen molar-refractivity contribution in [2.24, 2.45) is 5.92 Å². The molecule has 5 nitrogen and oxygen atoms in total. The van der Waals surface area contributed by atoms with Gasteiger partial charge in [0.25, 0.3) is 0 Å². The van der Waals surface area contributed by atoms with E-state index in [4.69, 9.17) is 4.74 Å². The first-order valence-corrected chi connectivity index (χ1v) is 6.87. The smallest absolute Gasteiger partial charge is 0.226 e. The van der Waals surface area contributed by atoms with Crippen molar-refractivity contribution in [1.29, 1.82) is 0 Å². The van der Waals surface area contributed by atoms with Crippen LogP contribution in [0.2, 0.25) is 0 Å². The Morgan fingerprint density at radius 2 is 2.32 bits per heavy atom. The third-order valence-electron chi connectivity index (χ3n) is 3.68. The number of anilines is 1. The van der Waals surface area contributed by atoms with E-state index in [-0.39, 0.29) is 0 Å². The van der Waals surface area contributed by atoms with Crippen molar-refractivity contribution in [3.63, 3.8) is 0 Å². The van der Waals surface area contributed by atoms with E-state index in [1.807, 2.05) is 6.92 Å². The van der Waals surface area contributed by atoms with Crippen LogP contribution in [0.25, 0.3) is 0 Å². The molecule has 19 heavy (non-hydrogen) atoms. The van der Waals surface area contributed by atoms with Crippen LogP contribution in [-0.2, 0) is 0 Å². The van der Waals surface area contributed by atoms with Crippen molar-refractivity contribution in [2.45, 2.75) is 45.1 Å². The van der Waals surface area contributed by atoms with Gasteiger partial charge in [-0.2, -0.15) is 4.98 Å². The van der Waals surface area contributed by atoms with E-state index in [0.29, 0.717) is 24.3 Å². The third-order valence-corrected chi connectivity index (χ3v) is 3.68. The Bertz CT molecular complexity index is 439. The maximum absolute atomic E-state index is 10.5. The Morgan fingerprint density at radius 1 is 1.53 bits per heavy atom. The van der Waals surface area contributed by atoms with Gasteiger partial charge in [-0.15, -0.1) is 0 Å². The summed E-state index contributed by atoms with van der Waals surface area (Å²) < 4.78 is 5.12. The predicted molar refractivity (Wildman–Crippen MR) is 74.4 cm³/mol. The van der Waals surface area contributed by atoms with Crippen LogP contribution in [0.4, 0.5) is 5.95 Å². The molecule has 1 fully saturated rings. The number of nitrogens with one attached hydrogen (secondary N) is 1. The second-order valence-electron chi connectivity index (χ2n) is 5.65. The molecule has 1 heterocycles. The average Bonchev–Trinajstić information content (AvgIpc) is 2.35. The molecule has 106 valence electrons. The largest absolute Gasteiger partial charge is 0.481 e. The van der Waals surface area contributed by atoms with Gasteiger partial charge in [0.05, 0.1) is 12.7 Å². The van der Waals surface area contributed by atoms with Crippen LogP contribution in [0.5, 0.6) is 5.88 Å². The lowest BCUT2D eigenvalue weighted by molar-refractivity contribution is -0.000910. The van der Waals surface area contributed by atoms with Gasteiger partial charge in [0.15, 0.2) is 0 Å². The number of aliphatic hydroxyl groups is 1. The third kappa shape index (κ3) is 3.80. The highest BCUT2D eigenvalue weighted by Gasteiger charge is 2.32. The van der Waals surface area contributed by atoms with Crippen LogP contribution in [-0.4, -0.2) is 34.3 Å². The van der Waals surface area contributed by atoms with Gasteiger partial charge >= 0.3 is 0 Å². The summed E-state index contributed by atoms with van der Waals surface area (Å²) in [6.07, 6.45) is 3.96. The number of aromatic nitrogens is 2. The summed E-state index contributed by atoms with van der Waals surface area (Å²) in [4.78, 5) is 8.53. The SMILES string of the molecule is COc1cc(C)nc(NCC2(O)CCCC(C)C2)n1. The zero-order chi connectivity index (χ0) is 13.9. The van der Waals surface area contributed by atoms with Crippen molar-refractivity contribution < 1.29 is 9.84 Å². The Morgan fingerprint density at radius 3 is 3.00 bits per heavy atom. The summed E-state index contributed by atoms with van der Waals surface area (Å²) in [5, 5.41) is 13.7. The predicted octanol–water partition coefficient (Wildman–Crippen LogP) is 2.15. The van der Waals surface area contributed by atoms with Crippen LogP contribution in [0, 0.1) is 12.8 Å². The van der Waals surface area contributed by atoms with Gasteiger partial charge < -0.3 is 15.2 Å². The van der Waals surface area contributed by atoms with Gasteiger partial charge in [0.2, 0.25) is 11.8 Å². The average molecular weight is 265 g/mol. The summed E-state index contributed by atoms with van der Waals surface area (Å²) in [5.41, 5.74) is 0.205. The fourth-order valence-electron chi connectivity index (χ4n) is 2.76. The molecule has 0 saturated heterocycles. The molecule has 1 aromatic heterocycles. The van der Waals surface area contributed by atoms with Gasteiger partial charge in [0, 0.05) is 18.3 Å². The molecule has 0 aliphatic heterocycles. The summed E-state index contributed by atoms with van der Waals surface area (Å²) in [7, 11) is 1.59. The molecule has 1 aromatic rings. The fourth-order valence-corrected chi connectivity index (χ4v) is 2.76. The summed E-state index contributed by atoms with van der Waals surface area (Å²) in [6, 6.07) is 1.78. The maximum atomic E-state index is 10.5. The van der Waals surface area contributed by atoms with Gasteiger partial charge in [0.1, 0.15) is 0 Å². The summed E-state index contributed by atoms with van der Waals surface area (Å²) >= 11 is 0. The highest BCUT2D eigenvalue weighted by molar-refractivity contribution is 5.31. The van der Waals surface area contributed by atoms with Crippen molar-refractivity contribution in [2.75, 3.05) is 19.0 Å². The lowest BCUT2D eigenvalue weighted by atomic mass is 9.79. The minimum Gasteiger partial charge on any atom is -0.481 e. The molecule has 0 radical (unpaired) electrons. The first-order chi connectivity index (χ1) is 9.00. The molecular weight excluding hydrogens is 242 g/mol. The highest BCUT2D eigenvalue weighted by atomic mass is 16.5. The second-order valence-corrected chi connectivity index (χ2v) is 5.65. The number of methoxy groups -OCH3 is 1. The molecule has 1 aliphatic rings. The van der Waals surface area contributed by atoms with Gasteiger partial charge in [-0.3, -0.25) is 0 Å². The molecule has 2 unspecified atom stereocenters. The van der Waals surface area contributed by atoms with E-state index in [0.717, 1.165) is 25.0 Å². The molecular formula is C14H23N3O2. The molecule has 0 spiro atoms. The number of hydrogen-bond donors (Lipinski definition) is 2. The van der Waals surface area contributed by atoms with E-state index in [9.17, 15) is 5.11 Å². The van der Waals surface area contributed by atoms with Gasteiger partial charge in [-0.05, 0) is 25.7 Å². The highest BCUT2D eigenvalue weighted by Crippen LogP contribution is 2.32. The number of nitrogens with zero attached hydrogens (tertiary/aromatic N) is 2. The quantitative estimate of drug-likeness (QED) is 0.873. The molecule has 1 aliphatic carbocycles. The molecule has 2 N–H and O–H groups in total. The topological polar surface area (TPSA) is 67.3 Å².